The number of cyclic esters (lactones) is 1. The van der Waals surface area contributed by atoms with Gasteiger partial charge < -0.3 is 9.47 Å². The Hall–Kier alpha value is -3.11. The van der Waals surface area contributed by atoms with E-state index in [0.29, 0.717) is 17.9 Å². The summed E-state index contributed by atoms with van der Waals surface area (Å²) < 4.78 is 11.1. The molecule has 3 aromatic rings. The fourth-order valence-electron chi connectivity index (χ4n) is 2.61. The van der Waals surface area contributed by atoms with Crippen LogP contribution in [0.1, 0.15) is 16.0 Å². The summed E-state index contributed by atoms with van der Waals surface area (Å²) in [5.41, 5.74) is 2.60. The molecule has 0 bridgehead atoms. The second-order valence-corrected chi connectivity index (χ2v) is 6.77. The zero-order chi connectivity index (χ0) is 17.8. The molecule has 26 heavy (non-hydrogen) atoms. The van der Waals surface area contributed by atoms with Gasteiger partial charge in [-0.25, -0.2) is 4.79 Å². The number of carbonyl (C=O) groups excluding carboxylic acids is 1. The normalized spacial score (nSPS) is 15.0. The summed E-state index contributed by atoms with van der Waals surface area (Å²) in [6, 6.07) is 21.6. The Morgan fingerprint density at radius 3 is 2.50 bits per heavy atom. The fourth-order valence-corrected chi connectivity index (χ4v) is 3.29. The van der Waals surface area contributed by atoms with Gasteiger partial charge in [-0.15, -0.1) is 11.3 Å². The number of thiophene rings is 1. The molecule has 4 heteroatoms. The molecule has 0 atom stereocenters. The Morgan fingerprint density at radius 2 is 1.77 bits per heavy atom. The molecule has 0 N–H and O–H groups in total. The summed E-state index contributed by atoms with van der Waals surface area (Å²) in [7, 11) is 0. The third kappa shape index (κ3) is 3.76. The molecule has 0 unspecified atom stereocenters. The summed E-state index contributed by atoms with van der Waals surface area (Å²) in [5, 5.41) is 1.96. The first-order valence-electron chi connectivity index (χ1n) is 8.24. The van der Waals surface area contributed by atoms with Crippen LogP contribution in [0.15, 0.2) is 83.8 Å². The largest absolute Gasteiger partial charge is 0.489 e. The van der Waals surface area contributed by atoms with E-state index in [0.717, 1.165) is 21.8 Å². The number of carbonyl (C=O) groups is 1. The van der Waals surface area contributed by atoms with Gasteiger partial charge in [0.1, 0.15) is 18.1 Å². The van der Waals surface area contributed by atoms with Gasteiger partial charge in [0, 0.05) is 0 Å². The zero-order valence-corrected chi connectivity index (χ0v) is 14.7. The highest BCUT2D eigenvalue weighted by Gasteiger charge is 2.22. The maximum absolute atomic E-state index is 12.0. The van der Waals surface area contributed by atoms with Crippen LogP contribution in [0.25, 0.3) is 11.8 Å². The van der Waals surface area contributed by atoms with E-state index in [1.807, 2.05) is 78.2 Å². The number of esters is 1. The third-order valence-electron chi connectivity index (χ3n) is 3.94. The van der Waals surface area contributed by atoms with Gasteiger partial charge in [0.15, 0.2) is 0 Å². The fraction of sp³-hybridized carbons (Fsp3) is 0.0455. The van der Waals surface area contributed by atoms with Gasteiger partial charge in [0.05, 0.1) is 10.5 Å². The quantitative estimate of drug-likeness (QED) is 0.457. The van der Waals surface area contributed by atoms with Crippen molar-refractivity contribution in [1.82, 2.24) is 0 Å². The van der Waals surface area contributed by atoms with E-state index in [-0.39, 0.29) is 5.97 Å². The standard InChI is InChI=1S/C22H16O3S/c23-22-18(14-20(25-22)21-7-4-12-26-21)13-16-8-10-19(11-9-16)24-15-17-5-2-1-3-6-17/h1-14H,15H2/b18-13+. The molecular formula is C22H16O3S. The molecule has 0 saturated heterocycles. The lowest BCUT2D eigenvalue weighted by Crippen LogP contribution is -1.97. The first-order valence-corrected chi connectivity index (χ1v) is 9.12. The lowest BCUT2D eigenvalue weighted by molar-refractivity contribution is -0.130. The van der Waals surface area contributed by atoms with Gasteiger partial charge in [-0.3, -0.25) is 0 Å². The molecule has 1 aliphatic heterocycles. The Morgan fingerprint density at radius 1 is 0.962 bits per heavy atom. The molecule has 0 aliphatic carbocycles. The van der Waals surface area contributed by atoms with Gasteiger partial charge in [-0.2, -0.15) is 0 Å². The van der Waals surface area contributed by atoms with Crippen LogP contribution in [-0.4, -0.2) is 5.97 Å². The van der Waals surface area contributed by atoms with Crippen molar-refractivity contribution in [1.29, 1.82) is 0 Å². The first kappa shape index (κ1) is 16.4. The lowest BCUT2D eigenvalue weighted by atomic mass is 10.1. The Kier molecular flexibility index (Phi) is 4.67. The highest BCUT2D eigenvalue weighted by atomic mass is 32.1. The minimum atomic E-state index is -0.321. The van der Waals surface area contributed by atoms with E-state index in [4.69, 9.17) is 9.47 Å². The molecule has 0 spiro atoms. The molecule has 1 aliphatic rings. The molecule has 0 saturated carbocycles. The average molecular weight is 360 g/mol. The van der Waals surface area contributed by atoms with Gasteiger partial charge in [0.25, 0.3) is 0 Å². The monoisotopic (exact) mass is 360 g/mol. The van der Waals surface area contributed by atoms with Crippen LogP contribution in [0.4, 0.5) is 0 Å². The number of ether oxygens (including phenoxy) is 2. The van der Waals surface area contributed by atoms with Gasteiger partial charge in [-0.1, -0.05) is 48.5 Å². The van der Waals surface area contributed by atoms with Crippen LogP contribution in [0.2, 0.25) is 0 Å². The van der Waals surface area contributed by atoms with Crippen LogP contribution in [0.5, 0.6) is 5.75 Å². The first-order chi connectivity index (χ1) is 12.8. The van der Waals surface area contributed by atoms with Gasteiger partial charge >= 0.3 is 5.97 Å². The molecule has 0 amide bonds. The van der Waals surface area contributed by atoms with Crippen molar-refractivity contribution in [2.45, 2.75) is 6.61 Å². The van der Waals surface area contributed by atoms with Crippen LogP contribution >= 0.6 is 11.3 Å². The van der Waals surface area contributed by atoms with Crippen molar-refractivity contribution < 1.29 is 14.3 Å². The Bertz CT molecular complexity index is 952. The van der Waals surface area contributed by atoms with Crippen LogP contribution in [-0.2, 0) is 16.1 Å². The van der Waals surface area contributed by atoms with Crippen molar-refractivity contribution in [2.24, 2.45) is 0 Å². The second-order valence-electron chi connectivity index (χ2n) is 5.82. The van der Waals surface area contributed by atoms with Gasteiger partial charge in [-0.05, 0) is 46.9 Å². The van der Waals surface area contributed by atoms with Crippen molar-refractivity contribution in [3.8, 4) is 5.75 Å². The summed E-state index contributed by atoms with van der Waals surface area (Å²) in [6.07, 6.45) is 3.61. The Balaban J connectivity index is 1.45. The summed E-state index contributed by atoms with van der Waals surface area (Å²) in [4.78, 5) is 13.0. The second kappa shape index (κ2) is 7.42. The van der Waals surface area contributed by atoms with Gasteiger partial charge in [0.2, 0.25) is 0 Å². The zero-order valence-electron chi connectivity index (χ0n) is 13.9. The maximum atomic E-state index is 12.0. The molecule has 128 valence electrons. The van der Waals surface area contributed by atoms with Crippen molar-refractivity contribution in [3.63, 3.8) is 0 Å². The SMILES string of the molecule is O=C1OC(c2cccs2)=C/C1=C\c1ccc(OCc2ccccc2)cc1. The minimum Gasteiger partial charge on any atom is -0.489 e. The molecular weight excluding hydrogens is 344 g/mol. The topological polar surface area (TPSA) is 35.5 Å². The van der Waals surface area contributed by atoms with Crippen molar-refractivity contribution in [3.05, 3.63) is 99.8 Å². The van der Waals surface area contributed by atoms with E-state index in [1.165, 1.54) is 0 Å². The van der Waals surface area contributed by atoms with Crippen LogP contribution in [0.3, 0.4) is 0 Å². The molecule has 2 aromatic carbocycles. The predicted octanol–water partition coefficient (Wildman–Crippen LogP) is 5.31. The smallest absolute Gasteiger partial charge is 0.343 e. The molecule has 0 radical (unpaired) electrons. The third-order valence-corrected chi connectivity index (χ3v) is 4.82. The average Bonchev–Trinajstić information content (AvgIpc) is 3.32. The molecule has 1 aromatic heterocycles. The summed E-state index contributed by atoms with van der Waals surface area (Å²) >= 11 is 1.55. The van der Waals surface area contributed by atoms with E-state index in [1.54, 1.807) is 17.4 Å². The van der Waals surface area contributed by atoms with Crippen molar-refractivity contribution in [2.75, 3.05) is 0 Å². The number of benzene rings is 2. The molecule has 4 rings (SSSR count). The summed E-state index contributed by atoms with van der Waals surface area (Å²) in [6.45, 7) is 0.528. The van der Waals surface area contributed by atoms with Crippen molar-refractivity contribution >= 4 is 29.1 Å². The molecule has 3 nitrogen and oxygen atoms in total. The predicted molar refractivity (Wildman–Crippen MR) is 104 cm³/mol. The van der Waals surface area contributed by atoms with E-state index < -0.39 is 0 Å². The highest BCUT2D eigenvalue weighted by molar-refractivity contribution is 7.11. The van der Waals surface area contributed by atoms with Crippen LogP contribution < -0.4 is 4.74 Å². The van der Waals surface area contributed by atoms with Crippen LogP contribution in [0, 0.1) is 0 Å². The highest BCUT2D eigenvalue weighted by Crippen LogP contribution is 2.30. The lowest BCUT2D eigenvalue weighted by Gasteiger charge is -2.06. The molecule has 2 heterocycles. The van der Waals surface area contributed by atoms with E-state index in [2.05, 4.69) is 0 Å². The number of rotatable bonds is 5. The van der Waals surface area contributed by atoms with E-state index in [9.17, 15) is 4.79 Å². The maximum Gasteiger partial charge on any atom is 0.343 e. The Labute approximate surface area is 155 Å². The number of hydrogen-bond donors (Lipinski definition) is 0. The summed E-state index contributed by atoms with van der Waals surface area (Å²) in [5.74, 6) is 1.08. The van der Waals surface area contributed by atoms with E-state index >= 15 is 0 Å². The minimum absolute atomic E-state index is 0.321. The number of hydrogen-bond acceptors (Lipinski definition) is 4. The molecule has 0 fully saturated rings.